The van der Waals surface area contributed by atoms with Gasteiger partial charge in [-0.1, -0.05) is 11.6 Å². The van der Waals surface area contributed by atoms with Crippen LogP contribution in [-0.2, 0) is 10.9 Å². The van der Waals surface area contributed by atoms with E-state index in [-0.39, 0.29) is 10.8 Å². The Kier molecular flexibility index (Phi) is 3.17. The number of rotatable bonds is 1. The summed E-state index contributed by atoms with van der Waals surface area (Å²) in [6.07, 6.45) is -3.22. The van der Waals surface area contributed by atoms with E-state index < -0.39 is 23.4 Å². The fourth-order valence-corrected chi connectivity index (χ4v) is 1.94. The summed E-state index contributed by atoms with van der Waals surface area (Å²) in [5, 5.41) is -0.212. The number of halogens is 4. The molecular formula is C11H8ClF3N2O2. The second kappa shape index (κ2) is 4.41. The largest absolute Gasteiger partial charge is 0.464 e. The number of methoxy groups -OCH3 is 1. The Hall–Kier alpha value is -1.76. The maximum Gasteiger partial charge on any atom is 0.419 e. The first-order valence-electron chi connectivity index (χ1n) is 5.09. The molecule has 0 N–H and O–H groups in total. The maximum absolute atomic E-state index is 12.9. The molecule has 0 aromatic carbocycles. The number of fused-ring (bicyclic) bond motifs is 1. The van der Waals surface area contributed by atoms with E-state index >= 15 is 0 Å². The third-order valence-electron chi connectivity index (χ3n) is 2.48. The van der Waals surface area contributed by atoms with Crippen molar-refractivity contribution < 1.29 is 22.7 Å². The van der Waals surface area contributed by atoms with Gasteiger partial charge in [-0.3, -0.25) is 4.40 Å². The third kappa shape index (κ3) is 2.25. The van der Waals surface area contributed by atoms with Gasteiger partial charge in [-0.15, -0.1) is 0 Å². The van der Waals surface area contributed by atoms with Gasteiger partial charge in [-0.2, -0.15) is 13.2 Å². The molecule has 2 rings (SSSR count). The van der Waals surface area contributed by atoms with E-state index in [0.717, 1.165) is 17.6 Å². The SMILES string of the molecule is COC(=O)c1nc2c(C(F)(F)F)cc(C)cn2c1Cl. The summed E-state index contributed by atoms with van der Waals surface area (Å²) in [7, 11) is 1.10. The normalized spacial score (nSPS) is 11.9. The highest BCUT2D eigenvalue weighted by Crippen LogP contribution is 2.34. The smallest absolute Gasteiger partial charge is 0.419 e. The summed E-state index contributed by atoms with van der Waals surface area (Å²) in [5.74, 6) is -0.889. The molecular weight excluding hydrogens is 285 g/mol. The molecule has 0 spiro atoms. The Labute approximate surface area is 110 Å². The molecule has 0 unspecified atom stereocenters. The highest BCUT2D eigenvalue weighted by atomic mass is 35.5. The molecule has 102 valence electrons. The van der Waals surface area contributed by atoms with Crippen LogP contribution in [-0.4, -0.2) is 22.5 Å². The number of hydrogen-bond acceptors (Lipinski definition) is 3. The van der Waals surface area contributed by atoms with Crippen LogP contribution in [0.5, 0.6) is 0 Å². The molecule has 0 aliphatic carbocycles. The molecule has 2 heterocycles. The number of aryl methyl sites for hydroxylation is 1. The van der Waals surface area contributed by atoms with Crippen LogP contribution in [0.1, 0.15) is 21.6 Å². The molecule has 8 heteroatoms. The number of nitrogens with zero attached hydrogens (tertiary/aromatic N) is 2. The minimum absolute atomic E-state index is 0.212. The summed E-state index contributed by atoms with van der Waals surface area (Å²) in [4.78, 5) is 15.0. The molecule has 4 nitrogen and oxygen atoms in total. The minimum Gasteiger partial charge on any atom is -0.464 e. The Balaban J connectivity index is 2.83. The topological polar surface area (TPSA) is 43.6 Å². The second-order valence-electron chi connectivity index (χ2n) is 3.87. The van der Waals surface area contributed by atoms with Crippen LogP contribution >= 0.6 is 11.6 Å². The molecule has 2 aromatic rings. The molecule has 0 aliphatic rings. The zero-order valence-corrected chi connectivity index (χ0v) is 10.6. The molecule has 2 aromatic heterocycles. The van der Waals surface area contributed by atoms with Crippen LogP contribution in [0.3, 0.4) is 0 Å². The van der Waals surface area contributed by atoms with Crippen LogP contribution in [0.4, 0.5) is 13.2 Å². The van der Waals surface area contributed by atoms with Gasteiger partial charge in [-0.05, 0) is 18.6 Å². The summed E-state index contributed by atoms with van der Waals surface area (Å²) < 4.78 is 44.2. The number of hydrogen-bond donors (Lipinski definition) is 0. The Morgan fingerprint density at radius 1 is 1.47 bits per heavy atom. The second-order valence-corrected chi connectivity index (χ2v) is 4.22. The number of pyridine rings is 1. The summed E-state index contributed by atoms with van der Waals surface area (Å²) >= 11 is 5.86. The molecule has 19 heavy (non-hydrogen) atoms. The van der Waals surface area contributed by atoms with E-state index in [2.05, 4.69) is 9.72 Å². The molecule has 0 radical (unpaired) electrons. The van der Waals surface area contributed by atoms with Gasteiger partial charge in [0, 0.05) is 6.20 Å². The van der Waals surface area contributed by atoms with Crippen molar-refractivity contribution in [2.24, 2.45) is 0 Å². The highest BCUT2D eigenvalue weighted by molar-refractivity contribution is 6.32. The van der Waals surface area contributed by atoms with E-state index in [1.54, 1.807) is 0 Å². The van der Waals surface area contributed by atoms with Crippen LogP contribution in [0.15, 0.2) is 12.3 Å². The van der Waals surface area contributed by atoms with Crippen molar-refractivity contribution in [3.05, 3.63) is 34.2 Å². The molecule has 0 amide bonds. The number of alkyl halides is 3. The lowest BCUT2D eigenvalue weighted by Gasteiger charge is -2.09. The van der Waals surface area contributed by atoms with Crippen molar-refractivity contribution in [1.82, 2.24) is 9.38 Å². The monoisotopic (exact) mass is 292 g/mol. The zero-order valence-electron chi connectivity index (χ0n) is 9.88. The first-order valence-corrected chi connectivity index (χ1v) is 5.47. The Morgan fingerprint density at radius 3 is 2.63 bits per heavy atom. The Morgan fingerprint density at radius 2 is 2.11 bits per heavy atom. The van der Waals surface area contributed by atoms with E-state index in [0.29, 0.717) is 5.56 Å². The van der Waals surface area contributed by atoms with Gasteiger partial charge >= 0.3 is 12.1 Å². The predicted molar refractivity (Wildman–Crippen MR) is 61.3 cm³/mol. The fraction of sp³-hybridized carbons (Fsp3) is 0.273. The minimum atomic E-state index is -4.59. The average molecular weight is 293 g/mol. The van der Waals surface area contributed by atoms with Gasteiger partial charge in [0.15, 0.2) is 11.3 Å². The van der Waals surface area contributed by atoms with Crippen molar-refractivity contribution in [2.75, 3.05) is 7.11 Å². The number of ether oxygens (including phenoxy) is 1. The van der Waals surface area contributed by atoms with Gasteiger partial charge in [0.25, 0.3) is 0 Å². The number of carbonyl (C=O) groups excluding carboxylic acids is 1. The van der Waals surface area contributed by atoms with Gasteiger partial charge in [-0.25, -0.2) is 9.78 Å². The number of imidazole rings is 1. The molecule has 0 saturated carbocycles. The summed E-state index contributed by atoms with van der Waals surface area (Å²) in [5.41, 5.74) is -1.39. The van der Waals surface area contributed by atoms with Crippen molar-refractivity contribution in [1.29, 1.82) is 0 Å². The lowest BCUT2D eigenvalue weighted by molar-refractivity contribution is -0.136. The van der Waals surface area contributed by atoms with Crippen molar-refractivity contribution in [3.8, 4) is 0 Å². The van der Waals surface area contributed by atoms with Crippen molar-refractivity contribution in [2.45, 2.75) is 13.1 Å². The standard InChI is InChI=1S/C11H8ClF3N2O2/c1-5-3-6(11(13,14)15)9-16-7(10(18)19-2)8(12)17(9)4-5/h3-4H,1-2H3. The average Bonchev–Trinajstić information content (AvgIpc) is 2.64. The fourth-order valence-electron chi connectivity index (χ4n) is 1.69. The van der Waals surface area contributed by atoms with Gasteiger partial charge in [0.05, 0.1) is 12.7 Å². The number of carbonyl (C=O) groups is 1. The molecule has 0 aliphatic heterocycles. The Bertz CT molecular complexity index is 664. The molecule has 0 atom stereocenters. The maximum atomic E-state index is 12.9. The summed E-state index contributed by atoms with van der Waals surface area (Å²) in [6.45, 7) is 1.49. The number of aromatic nitrogens is 2. The van der Waals surface area contributed by atoms with E-state index in [4.69, 9.17) is 11.6 Å². The molecule has 0 fully saturated rings. The van der Waals surface area contributed by atoms with Crippen LogP contribution in [0.25, 0.3) is 5.65 Å². The van der Waals surface area contributed by atoms with Crippen LogP contribution in [0, 0.1) is 6.92 Å². The van der Waals surface area contributed by atoms with Crippen LogP contribution < -0.4 is 0 Å². The zero-order chi connectivity index (χ0) is 14.4. The quantitative estimate of drug-likeness (QED) is 0.759. The molecule has 0 saturated heterocycles. The van der Waals surface area contributed by atoms with Gasteiger partial charge in [0.1, 0.15) is 5.15 Å². The van der Waals surface area contributed by atoms with E-state index in [1.165, 1.54) is 13.1 Å². The lowest BCUT2D eigenvalue weighted by atomic mass is 10.2. The lowest BCUT2D eigenvalue weighted by Crippen LogP contribution is -2.08. The van der Waals surface area contributed by atoms with Crippen LogP contribution in [0.2, 0.25) is 5.15 Å². The van der Waals surface area contributed by atoms with Gasteiger partial charge < -0.3 is 4.74 Å². The van der Waals surface area contributed by atoms with E-state index in [9.17, 15) is 18.0 Å². The first-order chi connectivity index (χ1) is 8.75. The number of esters is 1. The van der Waals surface area contributed by atoms with Crippen molar-refractivity contribution >= 4 is 23.2 Å². The summed E-state index contributed by atoms with van der Waals surface area (Å²) in [6, 6.07) is 0.944. The predicted octanol–water partition coefficient (Wildman–Crippen LogP) is 3.10. The third-order valence-corrected chi connectivity index (χ3v) is 2.84. The molecule has 0 bridgehead atoms. The van der Waals surface area contributed by atoms with Crippen molar-refractivity contribution in [3.63, 3.8) is 0 Å². The first kappa shape index (κ1) is 13.7. The van der Waals surface area contributed by atoms with Gasteiger partial charge in [0.2, 0.25) is 0 Å². The van der Waals surface area contributed by atoms with E-state index in [1.807, 2.05) is 0 Å². The highest BCUT2D eigenvalue weighted by Gasteiger charge is 2.35.